The summed E-state index contributed by atoms with van der Waals surface area (Å²) in [5.41, 5.74) is 0.798. The third-order valence-corrected chi connectivity index (χ3v) is 5.83. The Balaban J connectivity index is 1.57. The topological polar surface area (TPSA) is 41.6 Å². The largest absolute Gasteiger partial charge is 0.493 e. The zero-order valence-electron chi connectivity index (χ0n) is 14.8. The quantitative estimate of drug-likeness (QED) is 0.884. The van der Waals surface area contributed by atoms with Gasteiger partial charge in [0.2, 0.25) is 0 Å². The Kier molecular flexibility index (Phi) is 5.07. The molecule has 1 aliphatic carbocycles. The van der Waals surface area contributed by atoms with E-state index in [0.29, 0.717) is 10.6 Å². The van der Waals surface area contributed by atoms with Crippen molar-refractivity contribution in [1.29, 1.82) is 0 Å². The summed E-state index contributed by atoms with van der Waals surface area (Å²) < 4.78 is 6.01. The van der Waals surface area contributed by atoms with Crippen molar-refractivity contribution in [1.82, 2.24) is 10.2 Å². The predicted octanol–water partition coefficient (Wildman–Crippen LogP) is 3.45. The highest BCUT2D eigenvalue weighted by molar-refractivity contribution is 6.34. The highest BCUT2D eigenvalue weighted by atomic mass is 35.5. The van der Waals surface area contributed by atoms with Gasteiger partial charge in [-0.1, -0.05) is 18.5 Å². The van der Waals surface area contributed by atoms with Crippen molar-refractivity contribution in [2.24, 2.45) is 17.3 Å². The van der Waals surface area contributed by atoms with Crippen LogP contribution in [0.15, 0.2) is 18.2 Å². The fourth-order valence-electron chi connectivity index (χ4n) is 3.84. The van der Waals surface area contributed by atoms with Crippen LogP contribution in [0.2, 0.25) is 5.02 Å². The molecule has 5 heteroatoms. The van der Waals surface area contributed by atoms with Crippen LogP contribution in [-0.4, -0.2) is 44.6 Å². The van der Waals surface area contributed by atoms with E-state index in [-0.39, 0.29) is 11.3 Å². The molecule has 1 aliphatic heterocycles. The highest BCUT2D eigenvalue weighted by Crippen LogP contribution is 2.58. The zero-order chi connectivity index (χ0) is 17.3. The molecule has 132 valence electrons. The summed E-state index contributed by atoms with van der Waals surface area (Å²) in [6.07, 6.45) is 3.82. The molecule has 1 aromatic rings. The standard InChI is InChI=1S/C19H27ClN2O2/c1-19(11-16(19)13-6-8-21-9-7-13)12-24-14-4-5-15(17(20)10-14)18(23)22(2)3/h4-5,10,13,16,21H,6-9,11-12H2,1-3H3. The molecule has 3 rings (SSSR count). The smallest absolute Gasteiger partial charge is 0.254 e. The number of hydrogen-bond acceptors (Lipinski definition) is 3. The zero-order valence-corrected chi connectivity index (χ0v) is 15.5. The number of benzene rings is 1. The number of amides is 1. The van der Waals surface area contributed by atoms with Gasteiger partial charge in [0, 0.05) is 19.5 Å². The highest BCUT2D eigenvalue weighted by Gasteiger charge is 2.54. The van der Waals surface area contributed by atoms with Crippen LogP contribution < -0.4 is 10.1 Å². The third-order valence-electron chi connectivity index (χ3n) is 5.52. The van der Waals surface area contributed by atoms with E-state index in [9.17, 15) is 4.79 Å². The van der Waals surface area contributed by atoms with Crippen molar-refractivity contribution in [2.75, 3.05) is 33.8 Å². The van der Waals surface area contributed by atoms with Gasteiger partial charge in [-0.2, -0.15) is 0 Å². The average Bonchev–Trinajstić information content (AvgIpc) is 3.25. The molecular formula is C19H27ClN2O2. The molecule has 1 aromatic carbocycles. The second-order valence-electron chi connectivity index (χ2n) is 7.68. The molecule has 0 bridgehead atoms. The number of ether oxygens (including phenoxy) is 1. The molecule has 2 fully saturated rings. The second-order valence-corrected chi connectivity index (χ2v) is 8.09. The van der Waals surface area contributed by atoms with Crippen molar-refractivity contribution in [3.8, 4) is 5.75 Å². The van der Waals surface area contributed by atoms with Gasteiger partial charge >= 0.3 is 0 Å². The first-order chi connectivity index (χ1) is 11.4. The lowest BCUT2D eigenvalue weighted by Crippen LogP contribution is -2.30. The van der Waals surface area contributed by atoms with Crippen LogP contribution in [0.4, 0.5) is 0 Å². The first-order valence-corrected chi connectivity index (χ1v) is 9.13. The molecule has 1 N–H and O–H groups in total. The van der Waals surface area contributed by atoms with Gasteiger partial charge in [-0.15, -0.1) is 0 Å². The van der Waals surface area contributed by atoms with E-state index in [1.165, 1.54) is 24.2 Å². The van der Waals surface area contributed by atoms with Crippen molar-refractivity contribution in [3.05, 3.63) is 28.8 Å². The van der Waals surface area contributed by atoms with Crippen LogP contribution in [-0.2, 0) is 0 Å². The van der Waals surface area contributed by atoms with Gasteiger partial charge in [-0.25, -0.2) is 0 Å². The van der Waals surface area contributed by atoms with Crippen molar-refractivity contribution in [3.63, 3.8) is 0 Å². The van der Waals surface area contributed by atoms with E-state index in [0.717, 1.165) is 37.3 Å². The number of nitrogens with one attached hydrogen (secondary N) is 1. The Morgan fingerprint density at radius 2 is 2.08 bits per heavy atom. The fourth-order valence-corrected chi connectivity index (χ4v) is 4.09. The molecule has 0 radical (unpaired) electrons. The molecule has 1 heterocycles. The van der Waals surface area contributed by atoms with Gasteiger partial charge in [0.05, 0.1) is 17.2 Å². The molecule has 1 amide bonds. The first kappa shape index (κ1) is 17.6. The number of hydrogen-bond donors (Lipinski definition) is 1. The number of carbonyl (C=O) groups excluding carboxylic acids is 1. The summed E-state index contributed by atoms with van der Waals surface area (Å²) in [7, 11) is 3.44. The summed E-state index contributed by atoms with van der Waals surface area (Å²) in [4.78, 5) is 13.5. The molecule has 24 heavy (non-hydrogen) atoms. The van der Waals surface area contributed by atoms with Gasteiger partial charge in [0.25, 0.3) is 5.91 Å². The van der Waals surface area contributed by atoms with Crippen LogP contribution in [0, 0.1) is 17.3 Å². The van der Waals surface area contributed by atoms with Crippen molar-refractivity contribution in [2.45, 2.75) is 26.2 Å². The van der Waals surface area contributed by atoms with E-state index in [4.69, 9.17) is 16.3 Å². The van der Waals surface area contributed by atoms with Crippen LogP contribution in [0.3, 0.4) is 0 Å². The summed E-state index contributed by atoms with van der Waals surface area (Å²) in [6, 6.07) is 5.34. The third kappa shape index (κ3) is 3.70. The maximum Gasteiger partial charge on any atom is 0.254 e. The minimum atomic E-state index is -0.0910. The molecule has 2 aliphatic rings. The second kappa shape index (κ2) is 6.93. The molecule has 0 spiro atoms. The number of rotatable bonds is 5. The lowest BCUT2D eigenvalue weighted by atomic mass is 9.89. The Labute approximate surface area is 149 Å². The van der Waals surface area contributed by atoms with E-state index in [1.807, 2.05) is 6.07 Å². The summed E-state index contributed by atoms with van der Waals surface area (Å²) in [5.74, 6) is 2.27. The molecular weight excluding hydrogens is 324 g/mol. The van der Waals surface area contributed by atoms with Crippen LogP contribution in [0.25, 0.3) is 0 Å². The van der Waals surface area contributed by atoms with Gasteiger partial charge in [-0.05, 0) is 62.4 Å². The maximum absolute atomic E-state index is 12.0. The predicted molar refractivity (Wildman–Crippen MR) is 96.8 cm³/mol. The molecule has 4 nitrogen and oxygen atoms in total. The van der Waals surface area contributed by atoms with Gasteiger partial charge in [0.1, 0.15) is 5.75 Å². The lowest BCUT2D eigenvalue weighted by Gasteiger charge is -2.25. The minimum Gasteiger partial charge on any atom is -0.493 e. The monoisotopic (exact) mass is 350 g/mol. The van der Waals surface area contributed by atoms with Crippen LogP contribution >= 0.6 is 11.6 Å². The Hall–Kier alpha value is -1.26. The Morgan fingerprint density at radius 3 is 2.71 bits per heavy atom. The van der Waals surface area contributed by atoms with Gasteiger partial charge in [-0.3, -0.25) is 4.79 Å². The lowest BCUT2D eigenvalue weighted by molar-refractivity contribution is 0.0827. The molecule has 1 saturated heterocycles. The average molecular weight is 351 g/mol. The van der Waals surface area contributed by atoms with Crippen molar-refractivity contribution >= 4 is 17.5 Å². The van der Waals surface area contributed by atoms with Crippen molar-refractivity contribution < 1.29 is 9.53 Å². The van der Waals surface area contributed by atoms with E-state index < -0.39 is 0 Å². The summed E-state index contributed by atoms with van der Waals surface area (Å²) in [5, 5.41) is 3.88. The van der Waals surface area contributed by atoms with Crippen LogP contribution in [0.5, 0.6) is 5.75 Å². The first-order valence-electron chi connectivity index (χ1n) is 8.75. The number of carbonyl (C=O) groups is 1. The SMILES string of the molecule is CN(C)C(=O)c1ccc(OCC2(C)CC2C2CCNCC2)cc1Cl. The Bertz CT molecular complexity index is 613. The van der Waals surface area contributed by atoms with E-state index >= 15 is 0 Å². The van der Waals surface area contributed by atoms with Gasteiger partial charge < -0.3 is 15.0 Å². The van der Waals surface area contributed by atoms with E-state index in [1.54, 1.807) is 26.2 Å². The minimum absolute atomic E-state index is 0.0910. The Morgan fingerprint density at radius 1 is 1.38 bits per heavy atom. The normalized spacial score (nSPS) is 26.9. The maximum atomic E-state index is 12.0. The molecule has 2 atom stereocenters. The molecule has 0 aromatic heterocycles. The molecule has 1 saturated carbocycles. The fraction of sp³-hybridized carbons (Fsp3) is 0.632. The summed E-state index contributed by atoms with van der Waals surface area (Å²) in [6.45, 7) is 5.34. The number of halogens is 1. The van der Waals surface area contributed by atoms with Crippen LogP contribution in [0.1, 0.15) is 36.5 Å². The summed E-state index contributed by atoms with van der Waals surface area (Å²) >= 11 is 6.25. The number of piperidine rings is 1. The number of nitrogens with zero attached hydrogens (tertiary/aromatic N) is 1. The molecule has 2 unspecified atom stereocenters. The van der Waals surface area contributed by atoms with Gasteiger partial charge in [0.15, 0.2) is 0 Å². The van der Waals surface area contributed by atoms with E-state index in [2.05, 4.69) is 12.2 Å².